The van der Waals surface area contributed by atoms with Gasteiger partial charge in [0.1, 0.15) is 6.61 Å². The number of aromatic nitrogens is 1. The van der Waals surface area contributed by atoms with Gasteiger partial charge in [-0.2, -0.15) is 0 Å². The Morgan fingerprint density at radius 3 is 2.45 bits per heavy atom. The van der Waals surface area contributed by atoms with E-state index in [2.05, 4.69) is 48.9 Å². The van der Waals surface area contributed by atoms with Crippen molar-refractivity contribution in [2.75, 3.05) is 29.9 Å². The Kier molecular flexibility index (Phi) is 12.9. The molecule has 3 aromatic rings. The largest absolute Gasteiger partial charge is 0.445 e. The number of thiazole rings is 1. The van der Waals surface area contributed by atoms with Crippen LogP contribution in [0.3, 0.4) is 0 Å². The summed E-state index contributed by atoms with van der Waals surface area (Å²) in [6, 6.07) is 17.9. The van der Waals surface area contributed by atoms with Crippen molar-refractivity contribution in [3.8, 4) is 11.3 Å². The van der Waals surface area contributed by atoms with Gasteiger partial charge in [-0.15, -0.1) is 11.3 Å². The Bertz CT molecular complexity index is 1110. The van der Waals surface area contributed by atoms with Crippen LogP contribution >= 0.6 is 23.5 Å². The minimum absolute atomic E-state index is 0.0291. The molecule has 0 saturated carbocycles. The summed E-state index contributed by atoms with van der Waals surface area (Å²) in [5, 5.41) is 10.9. The van der Waals surface area contributed by atoms with E-state index in [1.807, 2.05) is 35.7 Å². The molecule has 4 rings (SSSR count). The third-order valence-electron chi connectivity index (χ3n) is 5.87. The number of hydrogen-bond donors (Lipinski definition) is 4. The van der Waals surface area contributed by atoms with Gasteiger partial charge >= 0.3 is 6.09 Å². The number of benzene rings is 2. The first kappa shape index (κ1) is 29.4. The van der Waals surface area contributed by atoms with Gasteiger partial charge in [0, 0.05) is 54.8 Å². The lowest BCUT2D eigenvalue weighted by Gasteiger charge is -2.17. The predicted octanol–water partition coefficient (Wildman–Crippen LogP) is 5.30. The molecule has 11 heteroatoms. The molecule has 0 aliphatic carbocycles. The number of ether oxygens (including phenoxy) is 1. The highest BCUT2D eigenvalue weighted by molar-refractivity contribution is 7.95. The summed E-state index contributed by atoms with van der Waals surface area (Å²) in [6.45, 7) is 3.41. The van der Waals surface area contributed by atoms with Gasteiger partial charge in [0.15, 0.2) is 5.13 Å². The molecule has 0 radical (unpaired) electrons. The molecule has 1 aliphatic rings. The van der Waals surface area contributed by atoms with Gasteiger partial charge in [-0.1, -0.05) is 48.9 Å². The summed E-state index contributed by atoms with van der Waals surface area (Å²) in [7, 11) is 0. The summed E-state index contributed by atoms with van der Waals surface area (Å²) < 4.78 is 7.56. The maximum absolute atomic E-state index is 12.0. The van der Waals surface area contributed by atoms with E-state index in [1.54, 1.807) is 0 Å². The number of anilines is 2. The zero-order valence-electron chi connectivity index (χ0n) is 21.4. The first-order valence-electron chi connectivity index (χ1n) is 12.7. The van der Waals surface area contributed by atoms with E-state index in [9.17, 15) is 9.59 Å². The van der Waals surface area contributed by atoms with Crippen molar-refractivity contribution in [2.45, 2.75) is 45.1 Å². The minimum Gasteiger partial charge on any atom is -0.445 e. The zero-order valence-corrected chi connectivity index (χ0v) is 23.1. The molecule has 2 amide bonds. The Morgan fingerprint density at radius 1 is 1.03 bits per heavy atom. The van der Waals surface area contributed by atoms with Crippen LogP contribution in [0.2, 0.25) is 0 Å². The zero-order chi connectivity index (χ0) is 27.0. The van der Waals surface area contributed by atoms with E-state index >= 15 is 0 Å². The normalized spacial score (nSPS) is 12.5. The van der Waals surface area contributed by atoms with Gasteiger partial charge in [-0.25, -0.2) is 9.78 Å². The number of nitrogens with one attached hydrogen (secondary N) is 2. The topological polar surface area (TPSA) is 136 Å². The summed E-state index contributed by atoms with van der Waals surface area (Å²) in [6.07, 6.45) is 5.24. The lowest BCUT2D eigenvalue weighted by atomic mass is 10.1. The molecule has 1 aliphatic heterocycles. The summed E-state index contributed by atoms with van der Waals surface area (Å²) in [5.41, 5.74) is 8.99. The maximum Gasteiger partial charge on any atom is 0.404 e. The number of amides is 2. The highest BCUT2D eigenvalue weighted by Gasteiger charge is 2.13. The number of primary amides is 1. The fourth-order valence-electron chi connectivity index (χ4n) is 3.91. The quantitative estimate of drug-likeness (QED) is 0.174. The average Bonchev–Trinajstić information content (AvgIpc) is 3.64. The molecular formula is C27H36N6O3S2. The smallest absolute Gasteiger partial charge is 0.404 e. The maximum atomic E-state index is 12.0. The Labute approximate surface area is 232 Å². The predicted molar refractivity (Wildman–Crippen MR) is 157 cm³/mol. The van der Waals surface area contributed by atoms with Crippen LogP contribution in [0.15, 0.2) is 60.0 Å². The minimum atomic E-state index is -0.742. The van der Waals surface area contributed by atoms with Gasteiger partial charge in [0.2, 0.25) is 5.91 Å². The number of rotatable bonds is 12. The molecule has 6 N–H and O–H groups in total. The van der Waals surface area contributed by atoms with Gasteiger partial charge in [-0.3, -0.25) is 14.7 Å². The van der Waals surface area contributed by atoms with Crippen molar-refractivity contribution >= 4 is 46.3 Å². The van der Waals surface area contributed by atoms with E-state index in [-0.39, 0.29) is 12.5 Å². The van der Waals surface area contributed by atoms with Crippen LogP contribution < -0.4 is 25.8 Å². The molecule has 1 aromatic heterocycles. The first-order valence-corrected chi connectivity index (χ1v) is 14.5. The van der Waals surface area contributed by atoms with E-state index in [0.717, 1.165) is 67.9 Å². The van der Waals surface area contributed by atoms with Gasteiger partial charge in [0.05, 0.1) is 5.69 Å². The van der Waals surface area contributed by atoms with Crippen molar-refractivity contribution in [2.24, 2.45) is 10.9 Å². The fourth-order valence-corrected chi connectivity index (χ4v) is 4.91. The monoisotopic (exact) mass is 556 g/mol. The number of hydrogen-bond acceptors (Lipinski definition) is 9. The van der Waals surface area contributed by atoms with Crippen LogP contribution in [0.25, 0.3) is 11.3 Å². The number of nitrogens with zero attached hydrogens (tertiary/aromatic N) is 2. The summed E-state index contributed by atoms with van der Waals surface area (Å²) in [4.78, 5) is 29.2. The van der Waals surface area contributed by atoms with Crippen LogP contribution in [-0.2, 0) is 16.1 Å². The first-order chi connectivity index (χ1) is 18.5. The average molecular weight is 557 g/mol. The second-order valence-electron chi connectivity index (χ2n) is 8.74. The third-order valence-corrected chi connectivity index (χ3v) is 7.00. The Morgan fingerprint density at radius 2 is 1.76 bits per heavy atom. The Balaban J connectivity index is 0.000000304. The summed E-state index contributed by atoms with van der Waals surface area (Å²) in [5.74, 6) is 0.0291. The van der Waals surface area contributed by atoms with E-state index < -0.39 is 6.09 Å². The van der Waals surface area contributed by atoms with Crippen LogP contribution in [0.4, 0.5) is 15.6 Å². The molecule has 2 aromatic carbocycles. The number of carbonyl (C=O) groups is 2. The molecule has 9 nitrogen and oxygen atoms in total. The number of unbranched alkanes of at least 4 members (excludes halogenated alkanes) is 2. The highest BCUT2D eigenvalue weighted by Crippen LogP contribution is 2.28. The van der Waals surface area contributed by atoms with E-state index in [1.165, 1.54) is 29.9 Å². The third kappa shape index (κ3) is 10.7. The van der Waals surface area contributed by atoms with Crippen LogP contribution in [-0.4, -0.2) is 36.6 Å². The summed E-state index contributed by atoms with van der Waals surface area (Å²) >= 11 is 2.61. The molecule has 0 unspecified atom stereocenters. The van der Waals surface area contributed by atoms with Crippen LogP contribution in [0.1, 0.15) is 44.1 Å². The van der Waals surface area contributed by atoms with E-state index in [0.29, 0.717) is 11.6 Å². The molecule has 1 fully saturated rings. The molecular weight excluding hydrogens is 520 g/mol. The number of nitrogens with two attached hydrogens (primary N) is 2. The second kappa shape index (κ2) is 16.7. The van der Waals surface area contributed by atoms with Crippen molar-refractivity contribution < 1.29 is 14.3 Å². The Hall–Kier alpha value is -3.12. The molecule has 38 heavy (non-hydrogen) atoms. The van der Waals surface area contributed by atoms with Crippen molar-refractivity contribution in [1.82, 2.24) is 9.71 Å². The highest BCUT2D eigenvalue weighted by atomic mass is 32.2. The molecule has 0 spiro atoms. The van der Waals surface area contributed by atoms with Gasteiger partial charge < -0.3 is 20.7 Å². The molecule has 0 bridgehead atoms. The second-order valence-corrected chi connectivity index (χ2v) is 10.1. The lowest BCUT2D eigenvalue weighted by molar-refractivity contribution is -0.116. The lowest BCUT2D eigenvalue weighted by Crippen LogP contribution is -2.17. The van der Waals surface area contributed by atoms with Crippen molar-refractivity contribution in [3.05, 3.63) is 65.5 Å². The van der Waals surface area contributed by atoms with Gasteiger partial charge in [0.25, 0.3) is 0 Å². The molecule has 1 saturated heterocycles. The van der Waals surface area contributed by atoms with Crippen molar-refractivity contribution in [1.29, 1.82) is 0 Å². The molecule has 2 heterocycles. The fraction of sp³-hybridized carbons (Fsp3) is 0.370. The number of carbonyl (C=O) groups excluding carboxylic acids is 2. The van der Waals surface area contributed by atoms with Crippen LogP contribution in [0.5, 0.6) is 0 Å². The van der Waals surface area contributed by atoms with Crippen LogP contribution in [0, 0.1) is 0 Å². The van der Waals surface area contributed by atoms with Gasteiger partial charge in [-0.05, 0) is 43.4 Å². The molecule has 204 valence electrons. The molecule has 0 atom stereocenters. The van der Waals surface area contributed by atoms with Crippen molar-refractivity contribution in [3.63, 3.8) is 0 Å². The standard InChI is InChI=1S/C19H27N5OS2.C8H9NO2/c20-27-21-11-3-1-2-6-18(25)23-19-22-17(14-26-19)15-7-9-16(10-8-15)24-12-4-5-13-24;9-8(10)11-6-7-4-2-1-3-5-7/h7-10,14,21H,1-6,11-13,20H2,(H,22,23,25);1-5H,6H2,(H2,9,10). The SMILES string of the molecule is NC(=O)OCc1ccccc1.NSNCCCCCC(=O)Nc1nc(-c2ccc(N3CCCC3)cc2)cs1. The van der Waals surface area contributed by atoms with E-state index in [4.69, 9.17) is 10.9 Å².